The summed E-state index contributed by atoms with van der Waals surface area (Å²) in [5, 5.41) is 6.55. The summed E-state index contributed by atoms with van der Waals surface area (Å²) in [6, 6.07) is 6.50. The smallest absolute Gasteiger partial charge is 0.410 e. The number of aromatic nitrogens is 2. The Morgan fingerprint density at radius 2 is 1.98 bits per heavy atom. The third-order valence-corrected chi connectivity index (χ3v) is 8.91. The van der Waals surface area contributed by atoms with Crippen LogP contribution < -0.4 is 14.9 Å². The highest BCUT2D eigenvalue weighted by molar-refractivity contribution is 8.01. The van der Waals surface area contributed by atoms with Crippen molar-refractivity contribution in [1.29, 1.82) is 0 Å². The van der Waals surface area contributed by atoms with Crippen LogP contribution in [0.25, 0.3) is 0 Å². The Labute approximate surface area is 251 Å². The number of ether oxygens (including phenoxy) is 3. The van der Waals surface area contributed by atoms with Crippen LogP contribution in [0.2, 0.25) is 0 Å². The van der Waals surface area contributed by atoms with Crippen LogP contribution in [0.5, 0.6) is 11.5 Å². The first-order chi connectivity index (χ1) is 19.7. The molecule has 2 aromatic heterocycles. The standard InChI is InChI=1S/C29H40N6O4S2/c1-6-23-24(8-7-11-30-23)38-25-16-22(40-13-12-37-5)17-31-27(25)32-26-18-34(33-41-26)21-14-19-9-10-20(15-21)35(19)28(36)39-29(2,3)4/h7-8,11,16-21,33H,6,9-10,12-15H2,1-5H3,(H,31,32). The molecule has 1 amide bonds. The van der Waals surface area contributed by atoms with Crippen LogP contribution in [0, 0.1) is 0 Å². The second-order valence-corrected chi connectivity index (χ2v) is 13.4. The monoisotopic (exact) mass is 600 g/mol. The number of amides is 1. The van der Waals surface area contributed by atoms with Gasteiger partial charge in [-0.1, -0.05) is 6.92 Å². The number of nitrogens with zero attached hydrogens (tertiary/aromatic N) is 4. The number of methoxy groups -OCH3 is 1. The fourth-order valence-corrected chi connectivity index (χ4v) is 6.97. The average molecular weight is 601 g/mol. The van der Waals surface area contributed by atoms with E-state index in [4.69, 9.17) is 19.2 Å². The van der Waals surface area contributed by atoms with Crippen molar-refractivity contribution in [3.8, 4) is 11.5 Å². The molecule has 3 aliphatic rings. The molecule has 41 heavy (non-hydrogen) atoms. The molecule has 12 heteroatoms. The van der Waals surface area contributed by atoms with Crippen molar-refractivity contribution in [3.63, 3.8) is 0 Å². The number of hydrogen-bond donors (Lipinski definition) is 2. The van der Waals surface area contributed by atoms with E-state index < -0.39 is 5.60 Å². The Kier molecular flexibility index (Phi) is 9.52. The number of thioether (sulfide) groups is 1. The number of aryl methyl sites for hydroxylation is 1. The fraction of sp³-hybridized carbons (Fsp3) is 0.552. The highest BCUT2D eigenvalue weighted by atomic mass is 32.2. The van der Waals surface area contributed by atoms with Crippen LogP contribution in [-0.4, -0.2) is 69.2 Å². The highest BCUT2D eigenvalue weighted by Crippen LogP contribution is 2.41. The molecule has 2 fully saturated rings. The van der Waals surface area contributed by atoms with E-state index in [0.29, 0.717) is 18.2 Å². The van der Waals surface area contributed by atoms with Gasteiger partial charge in [0.2, 0.25) is 0 Å². The maximum absolute atomic E-state index is 12.9. The quantitative estimate of drug-likeness (QED) is 0.186. The van der Waals surface area contributed by atoms with Crippen LogP contribution in [0.1, 0.15) is 59.1 Å². The van der Waals surface area contributed by atoms with Gasteiger partial charge in [0.1, 0.15) is 16.4 Å². The van der Waals surface area contributed by atoms with Gasteiger partial charge in [0.05, 0.1) is 12.3 Å². The summed E-state index contributed by atoms with van der Waals surface area (Å²) in [5.74, 6) is 2.82. The summed E-state index contributed by atoms with van der Waals surface area (Å²) in [7, 11) is 1.70. The molecule has 3 aliphatic heterocycles. The third kappa shape index (κ3) is 7.40. The Morgan fingerprint density at radius 1 is 1.20 bits per heavy atom. The predicted octanol–water partition coefficient (Wildman–Crippen LogP) is 6.18. The van der Waals surface area contributed by atoms with Crippen LogP contribution >= 0.6 is 23.7 Å². The second-order valence-electron chi connectivity index (χ2n) is 11.4. The molecule has 2 aromatic rings. The van der Waals surface area contributed by atoms with Crippen LogP contribution in [0.4, 0.5) is 10.6 Å². The van der Waals surface area contributed by atoms with Gasteiger partial charge in [-0.2, -0.15) is 4.83 Å². The molecule has 2 unspecified atom stereocenters. The first kappa shape index (κ1) is 29.8. The number of fused-ring (bicyclic) bond motifs is 2. The van der Waals surface area contributed by atoms with E-state index in [1.54, 1.807) is 25.1 Å². The van der Waals surface area contributed by atoms with Gasteiger partial charge in [-0.15, -0.1) is 11.8 Å². The Balaban J connectivity index is 1.28. The van der Waals surface area contributed by atoms with Crippen LogP contribution in [0.3, 0.4) is 0 Å². The van der Waals surface area contributed by atoms with E-state index >= 15 is 0 Å². The maximum atomic E-state index is 12.9. The second kappa shape index (κ2) is 13.1. The number of carbonyl (C=O) groups is 1. The lowest BCUT2D eigenvalue weighted by Gasteiger charge is -2.41. The van der Waals surface area contributed by atoms with Crippen molar-refractivity contribution in [2.45, 2.75) is 88.4 Å². The minimum atomic E-state index is -0.490. The maximum Gasteiger partial charge on any atom is 0.410 e. The van der Waals surface area contributed by atoms with E-state index in [-0.39, 0.29) is 24.2 Å². The van der Waals surface area contributed by atoms with Gasteiger partial charge >= 0.3 is 6.09 Å². The van der Waals surface area contributed by atoms with E-state index in [2.05, 4.69) is 33.3 Å². The average Bonchev–Trinajstić information content (AvgIpc) is 3.51. The summed E-state index contributed by atoms with van der Waals surface area (Å²) < 4.78 is 17.3. The van der Waals surface area contributed by atoms with E-state index in [9.17, 15) is 4.79 Å². The van der Waals surface area contributed by atoms with Gasteiger partial charge in [0.25, 0.3) is 0 Å². The lowest BCUT2D eigenvalue weighted by Crippen LogP contribution is -2.53. The molecule has 0 aromatic carbocycles. The zero-order valence-corrected chi connectivity index (χ0v) is 26.0. The van der Waals surface area contributed by atoms with Gasteiger partial charge in [0.15, 0.2) is 11.6 Å². The normalized spacial score (nSPS) is 22.1. The van der Waals surface area contributed by atoms with Crippen molar-refractivity contribution < 1.29 is 19.0 Å². The number of hydrogen-bond acceptors (Lipinski definition) is 11. The molecule has 0 radical (unpaired) electrons. The molecule has 5 heterocycles. The minimum absolute atomic E-state index is 0.188. The molecule has 2 saturated heterocycles. The molecule has 10 nitrogen and oxygen atoms in total. The molecule has 222 valence electrons. The summed E-state index contributed by atoms with van der Waals surface area (Å²) in [6.45, 7) is 8.48. The number of hydrazine groups is 1. The summed E-state index contributed by atoms with van der Waals surface area (Å²) in [4.78, 5) is 28.5. The molecule has 0 spiro atoms. The van der Waals surface area contributed by atoms with Crippen LogP contribution in [0.15, 0.2) is 46.7 Å². The minimum Gasteiger partial charge on any atom is -0.452 e. The zero-order chi connectivity index (χ0) is 29.0. The number of carbonyl (C=O) groups excluding carboxylic acids is 1. The summed E-state index contributed by atoms with van der Waals surface area (Å²) >= 11 is 3.18. The molecule has 0 saturated carbocycles. The van der Waals surface area contributed by atoms with Crippen molar-refractivity contribution >= 4 is 35.6 Å². The molecule has 2 N–H and O–H groups in total. The molecular weight excluding hydrogens is 560 g/mol. The zero-order valence-electron chi connectivity index (χ0n) is 24.4. The SMILES string of the molecule is CCc1ncccc1Oc1cc(SCCOC)cnc1NC1=CN(C2CC3CCC(C2)N3C(=O)OC(C)(C)C)NS1. The number of anilines is 1. The van der Waals surface area contributed by atoms with Crippen molar-refractivity contribution in [1.82, 2.24) is 24.7 Å². The van der Waals surface area contributed by atoms with Gasteiger partial charge in [-0.3, -0.25) is 9.99 Å². The number of nitrogens with one attached hydrogen (secondary N) is 2. The van der Waals surface area contributed by atoms with Gasteiger partial charge < -0.3 is 24.4 Å². The third-order valence-electron chi connectivity index (χ3n) is 7.25. The number of pyridine rings is 2. The predicted molar refractivity (Wildman–Crippen MR) is 163 cm³/mol. The van der Waals surface area contributed by atoms with E-state index in [1.807, 2.05) is 50.1 Å². The van der Waals surface area contributed by atoms with Crippen molar-refractivity contribution in [2.24, 2.45) is 0 Å². The first-order valence-corrected chi connectivity index (χ1v) is 16.0. The summed E-state index contributed by atoms with van der Waals surface area (Å²) in [5.41, 5.74) is 0.404. The first-order valence-electron chi connectivity index (χ1n) is 14.2. The van der Waals surface area contributed by atoms with E-state index in [1.165, 1.54) is 11.9 Å². The summed E-state index contributed by atoms with van der Waals surface area (Å²) in [6.07, 6.45) is 10.1. The largest absolute Gasteiger partial charge is 0.452 e. The van der Waals surface area contributed by atoms with Gasteiger partial charge in [-0.05, 0) is 83.0 Å². The Morgan fingerprint density at radius 3 is 2.68 bits per heavy atom. The lowest BCUT2D eigenvalue weighted by molar-refractivity contribution is -0.00168. The van der Waals surface area contributed by atoms with Gasteiger partial charge in [-0.25, -0.2) is 9.78 Å². The number of rotatable bonds is 10. The van der Waals surface area contributed by atoms with Gasteiger partial charge in [0, 0.05) is 54.5 Å². The fourth-order valence-electron chi connectivity index (χ4n) is 5.44. The molecule has 2 atom stereocenters. The lowest BCUT2D eigenvalue weighted by atomic mass is 9.97. The van der Waals surface area contributed by atoms with E-state index in [0.717, 1.165) is 59.2 Å². The molecular formula is C29H40N6O4S2. The van der Waals surface area contributed by atoms with Crippen molar-refractivity contribution in [3.05, 3.63) is 47.5 Å². The molecule has 0 aliphatic carbocycles. The number of piperidine rings is 1. The highest BCUT2D eigenvalue weighted by Gasteiger charge is 2.46. The Bertz CT molecular complexity index is 1240. The molecule has 2 bridgehead atoms. The van der Waals surface area contributed by atoms with Crippen molar-refractivity contribution in [2.75, 3.05) is 24.8 Å². The topological polar surface area (TPSA) is 101 Å². The van der Waals surface area contributed by atoms with Crippen LogP contribution in [-0.2, 0) is 15.9 Å². The Hall–Kier alpha value is -2.67. The molecule has 5 rings (SSSR count).